The van der Waals surface area contributed by atoms with Crippen molar-refractivity contribution in [2.75, 3.05) is 6.61 Å². The molecule has 1 aromatic heterocycles. The third-order valence-electron chi connectivity index (χ3n) is 2.35. The zero-order chi connectivity index (χ0) is 13.5. The molecule has 0 bridgehead atoms. The molecule has 2 rings (SSSR count). The molecule has 0 aliphatic rings. The molecule has 4 nitrogen and oxygen atoms in total. The summed E-state index contributed by atoms with van der Waals surface area (Å²) in [7, 11) is -1.55. The normalized spacial score (nSPS) is 9.37. The van der Waals surface area contributed by atoms with Crippen LogP contribution in [-0.4, -0.2) is 28.8 Å². The molecule has 0 spiro atoms. The highest BCUT2D eigenvalue weighted by Crippen LogP contribution is 2.04. The molecule has 0 saturated heterocycles. The van der Waals surface area contributed by atoms with Gasteiger partial charge in [0.25, 0.3) is 0 Å². The van der Waals surface area contributed by atoms with Crippen molar-refractivity contribution in [1.29, 1.82) is 0 Å². The van der Waals surface area contributed by atoms with Gasteiger partial charge in [-0.1, -0.05) is 30.0 Å². The predicted molar refractivity (Wildman–Crippen MR) is 72.9 cm³/mol. The molecule has 0 aliphatic heterocycles. The largest absolute Gasteiger partial charge is 0.490 e. The highest BCUT2D eigenvalue weighted by molar-refractivity contribution is 6.58. The maximum atomic E-state index is 9.00. The second-order valence-electron chi connectivity index (χ2n) is 3.78. The lowest BCUT2D eigenvalue weighted by molar-refractivity contribution is 0.368. The van der Waals surface area contributed by atoms with E-state index in [1.807, 2.05) is 30.3 Å². The number of benzene rings is 1. The topological polar surface area (TPSA) is 62.6 Å². The lowest BCUT2D eigenvalue weighted by Gasteiger charge is -2.03. The van der Waals surface area contributed by atoms with Crippen LogP contribution in [-0.2, 0) is 0 Å². The summed E-state index contributed by atoms with van der Waals surface area (Å²) in [5.41, 5.74) is 1.21. The lowest BCUT2D eigenvalue weighted by atomic mass is 9.82. The molecule has 19 heavy (non-hydrogen) atoms. The third kappa shape index (κ3) is 4.14. The fraction of sp³-hybridized carbons (Fsp3) is 0.0714. The van der Waals surface area contributed by atoms with E-state index in [4.69, 9.17) is 14.8 Å². The van der Waals surface area contributed by atoms with Gasteiger partial charge in [0, 0.05) is 17.2 Å². The molecule has 0 amide bonds. The summed E-state index contributed by atoms with van der Waals surface area (Å²) in [6.45, 7) is 0.210. The van der Waals surface area contributed by atoms with E-state index >= 15 is 0 Å². The second-order valence-corrected chi connectivity index (χ2v) is 3.78. The van der Waals surface area contributed by atoms with Crippen molar-refractivity contribution in [3.05, 3.63) is 54.4 Å². The number of rotatable bonds is 3. The molecule has 0 atom stereocenters. The number of aromatic nitrogens is 1. The van der Waals surface area contributed by atoms with E-state index in [-0.39, 0.29) is 12.1 Å². The van der Waals surface area contributed by atoms with E-state index in [0.29, 0.717) is 5.75 Å². The van der Waals surface area contributed by atoms with Crippen molar-refractivity contribution in [2.45, 2.75) is 0 Å². The van der Waals surface area contributed by atoms with Crippen molar-refractivity contribution in [2.24, 2.45) is 0 Å². The van der Waals surface area contributed by atoms with Crippen LogP contribution in [0.4, 0.5) is 0 Å². The third-order valence-corrected chi connectivity index (χ3v) is 2.35. The first-order valence-electron chi connectivity index (χ1n) is 5.73. The van der Waals surface area contributed by atoms with Crippen LogP contribution in [0.2, 0.25) is 0 Å². The standard InChI is InChI=1S/C14H12BNO3/c17-15(18)13-9-14(11-16-10-13)19-8-4-7-12-5-2-1-3-6-12/h1-3,5-6,9-11,17-18H,8H2. The molecular weight excluding hydrogens is 241 g/mol. The summed E-state index contributed by atoms with van der Waals surface area (Å²) in [6.07, 6.45) is 2.86. The number of pyridine rings is 1. The van der Waals surface area contributed by atoms with Gasteiger partial charge in [-0.25, -0.2) is 0 Å². The van der Waals surface area contributed by atoms with Gasteiger partial charge < -0.3 is 14.8 Å². The molecule has 2 aromatic rings. The van der Waals surface area contributed by atoms with E-state index in [2.05, 4.69) is 16.8 Å². The monoisotopic (exact) mass is 253 g/mol. The van der Waals surface area contributed by atoms with E-state index in [1.165, 1.54) is 18.5 Å². The molecule has 94 valence electrons. The van der Waals surface area contributed by atoms with E-state index < -0.39 is 7.12 Å². The summed E-state index contributed by atoms with van der Waals surface area (Å²) in [5, 5.41) is 18.0. The van der Waals surface area contributed by atoms with Crippen LogP contribution in [0.15, 0.2) is 48.8 Å². The Morgan fingerprint density at radius 1 is 1.16 bits per heavy atom. The molecule has 0 aliphatic carbocycles. The first-order chi connectivity index (χ1) is 9.25. The van der Waals surface area contributed by atoms with Crippen molar-refractivity contribution in [1.82, 2.24) is 4.98 Å². The van der Waals surface area contributed by atoms with Crippen molar-refractivity contribution in [3.8, 4) is 17.6 Å². The molecule has 0 saturated carbocycles. The van der Waals surface area contributed by atoms with Crippen LogP contribution >= 0.6 is 0 Å². The maximum Gasteiger partial charge on any atom is 0.490 e. The van der Waals surface area contributed by atoms with Gasteiger partial charge in [-0.05, 0) is 18.2 Å². The van der Waals surface area contributed by atoms with Crippen LogP contribution in [0, 0.1) is 11.8 Å². The molecule has 0 fully saturated rings. The molecule has 1 heterocycles. The smallest absolute Gasteiger partial charge is 0.479 e. The van der Waals surface area contributed by atoms with Crippen LogP contribution < -0.4 is 10.2 Å². The Bertz CT molecular complexity index is 590. The fourth-order valence-electron chi connectivity index (χ4n) is 1.43. The van der Waals surface area contributed by atoms with Gasteiger partial charge in [0.1, 0.15) is 12.4 Å². The van der Waals surface area contributed by atoms with Crippen LogP contribution in [0.3, 0.4) is 0 Å². The van der Waals surface area contributed by atoms with E-state index in [1.54, 1.807) is 0 Å². The highest BCUT2D eigenvalue weighted by Gasteiger charge is 2.11. The predicted octanol–water partition coefficient (Wildman–Crippen LogP) is 0.192. The Morgan fingerprint density at radius 2 is 1.95 bits per heavy atom. The summed E-state index contributed by atoms with van der Waals surface area (Å²) >= 11 is 0. The van der Waals surface area contributed by atoms with Crippen LogP contribution in [0.5, 0.6) is 5.75 Å². The van der Waals surface area contributed by atoms with Crippen molar-refractivity contribution in [3.63, 3.8) is 0 Å². The fourth-order valence-corrected chi connectivity index (χ4v) is 1.43. The van der Waals surface area contributed by atoms with Crippen molar-refractivity contribution >= 4 is 12.6 Å². The van der Waals surface area contributed by atoms with Crippen LogP contribution in [0.25, 0.3) is 0 Å². The summed E-state index contributed by atoms with van der Waals surface area (Å²) in [6, 6.07) is 11.1. The Labute approximate surface area is 111 Å². The molecule has 5 heteroatoms. The molecule has 2 N–H and O–H groups in total. The summed E-state index contributed by atoms with van der Waals surface area (Å²) in [4.78, 5) is 3.85. The van der Waals surface area contributed by atoms with Crippen LogP contribution in [0.1, 0.15) is 5.56 Å². The average molecular weight is 253 g/mol. The number of ether oxygens (including phenoxy) is 1. The molecular formula is C14H12BNO3. The Morgan fingerprint density at radius 3 is 2.68 bits per heavy atom. The summed E-state index contributed by atoms with van der Waals surface area (Å²) in [5.74, 6) is 6.28. The highest BCUT2D eigenvalue weighted by atomic mass is 16.5. The maximum absolute atomic E-state index is 9.00. The number of hydrogen-bond donors (Lipinski definition) is 2. The van der Waals surface area contributed by atoms with Gasteiger partial charge in [-0.2, -0.15) is 0 Å². The average Bonchev–Trinajstić information content (AvgIpc) is 2.45. The second kappa shape index (κ2) is 6.59. The number of hydrogen-bond acceptors (Lipinski definition) is 4. The number of nitrogens with zero attached hydrogens (tertiary/aromatic N) is 1. The molecule has 1 aromatic carbocycles. The van der Waals surface area contributed by atoms with E-state index in [0.717, 1.165) is 5.56 Å². The lowest BCUT2D eigenvalue weighted by Crippen LogP contribution is -2.30. The Kier molecular flexibility index (Phi) is 4.57. The SMILES string of the molecule is OB(O)c1cncc(OCC#Cc2ccccc2)c1. The van der Waals surface area contributed by atoms with Gasteiger partial charge >= 0.3 is 7.12 Å². The molecule has 0 unspecified atom stereocenters. The van der Waals surface area contributed by atoms with Gasteiger partial charge in [0.15, 0.2) is 0 Å². The van der Waals surface area contributed by atoms with Gasteiger partial charge in [-0.15, -0.1) is 0 Å². The minimum atomic E-state index is -1.55. The minimum absolute atomic E-state index is 0.210. The zero-order valence-electron chi connectivity index (χ0n) is 10.2. The van der Waals surface area contributed by atoms with Gasteiger partial charge in [0.2, 0.25) is 0 Å². The zero-order valence-corrected chi connectivity index (χ0v) is 10.2. The first-order valence-corrected chi connectivity index (χ1v) is 5.73. The summed E-state index contributed by atoms with van der Waals surface area (Å²) < 4.78 is 5.36. The van der Waals surface area contributed by atoms with Gasteiger partial charge in [0.05, 0.1) is 6.20 Å². The Balaban J connectivity index is 1.93. The molecule has 0 radical (unpaired) electrons. The van der Waals surface area contributed by atoms with Gasteiger partial charge in [-0.3, -0.25) is 4.98 Å². The minimum Gasteiger partial charge on any atom is -0.479 e. The Hall–Kier alpha value is -2.29. The van der Waals surface area contributed by atoms with E-state index in [9.17, 15) is 0 Å². The first kappa shape index (κ1) is 13.2. The quantitative estimate of drug-likeness (QED) is 0.605. The van der Waals surface area contributed by atoms with Crippen molar-refractivity contribution < 1.29 is 14.8 Å².